The Hall–Kier alpha value is -3.69. The Morgan fingerprint density at radius 2 is 1.79 bits per heavy atom. The summed E-state index contributed by atoms with van der Waals surface area (Å²) in [5.74, 6) is -0.462. The molecule has 1 aromatic carbocycles. The van der Waals surface area contributed by atoms with E-state index in [9.17, 15) is 19.2 Å². The van der Waals surface area contributed by atoms with Crippen LogP contribution in [-0.4, -0.2) is 54.5 Å². The SMILES string of the molecule is CCC(C(=O)N1CCC(NC(=O)Cn2c(=O)c3c(ncn3C)n(C)c2=O)CC1)c1ccccc1. The van der Waals surface area contributed by atoms with Crippen LogP contribution in [0.2, 0.25) is 0 Å². The zero-order valence-electron chi connectivity index (χ0n) is 19.7. The normalized spacial score (nSPS) is 15.4. The van der Waals surface area contributed by atoms with Gasteiger partial charge in [-0.05, 0) is 24.8 Å². The minimum atomic E-state index is -0.585. The van der Waals surface area contributed by atoms with Crippen LogP contribution in [0.1, 0.15) is 37.7 Å². The first-order valence-electron chi connectivity index (χ1n) is 11.6. The van der Waals surface area contributed by atoms with Gasteiger partial charge in [0, 0.05) is 33.2 Å². The van der Waals surface area contributed by atoms with Gasteiger partial charge in [-0.2, -0.15) is 0 Å². The Kier molecular flexibility index (Phi) is 6.67. The van der Waals surface area contributed by atoms with E-state index in [-0.39, 0.29) is 35.6 Å². The molecule has 0 saturated carbocycles. The highest BCUT2D eigenvalue weighted by Crippen LogP contribution is 2.24. The molecule has 3 aromatic rings. The maximum Gasteiger partial charge on any atom is 0.332 e. The summed E-state index contributed by atoms with van der Waals surface area (Å²) >= 11 is 0. The average Bonchev–Trinajstić information content (AvgIpc) is 3.23. The lowest BCUT2D eigenvalue weighted by molar-refractivity contribution is -0.134. The Balaban J connectivity index is 1.38. The molecule has 3 heterocycles. The molecule has 1 aliphatic rings. The van der Waals surface area contributed by atoms with E-state index in [1.54, 1.807) is 7.05 Å². The highest BCUT2D eigenvalue weighted by Gasteiger charge is 2.29. The zero-order chi connectivity index (χ0) is 24.4. The third-order valence-electron chi connectivity index (χ3n) is 6.58. The van der Waals surface area contributed by atoms with E-state index in [0.29, 0.717) is 25.9 Å². The van der Waals surface area contributed by atoms with Crippen molar-refractivity contribution in [3.63, 3.8) is 0 Å². The molecule has 34 heavy (non-hydrogen) atoms. The highest BCUT2D eigenvalue weighted by atomic mass is 16.2. The van der Waals surface area contributed by atoms with Crippen LogP contribution in [0, 0.1) is 0 Å². The summed E-state index contributed by atoms with van der Waals surface area (Å²) in [7, 11) is 3.19. The van der Waals surface area contributed by atoms with Crippen molar-refractivity contribution in [2.24, 2.45) is 14.1 Å². The molecule has 10 heteroatoms. The van der Waals surface area contributed by atoms with Gasteiger partial charge in [-0.1, -0.05) is 37.3 Å². The summed E-state index contributed by atoms with van der Waals surface area (Å²) in [5.41, 5.74) is 0.444. The molecule has 0 bridgehead atoms. The second-order valence-electron chi connectivity index (χ2n) is 8.80. The van der Waals surface area contributed by atoms with E-state index in [1.165, 1.54) is 22.5 Å². The number of hydrogen-bond donors (Lipinski definition) is 1. The summed E-state index contributed by atoms with van der Waals surface area (Å²) in [5, 5.41) is 2.92. The van der Waals surface area contributed by atoms with Gasteiger partial charge in [-0.15, -0.1) is 0 Å². The Morgan fingerprint density at radius 1 is 1.12 bits per heavy atom. The fraction of sp³-hybridized carbons (Fsp3) is 0.458. The molecule has 1 atom stereocenters. The number of carbonyl (C=O) groups is 2. The van der Waals surface area contributed by atoms with E-state index in [0.717, 1.165) is 16.6 Å². The standard InChI is InChI=1S/C24H30N6O4/c1-4-18(16-8-6-5-7-9-16)22(32)29-12-10-17(11-13-29)26-19(31)14-30-23(33)20-21(25-15-27(20)2)28(3)24(30)34/h5-9,15,17-18H,4,10-14H2,1-3H3,(H,26,31). The van der Waals surface area contributed by atoms with E-state index in [4.69, 9.17) is 0 Å². The number of fused-ring (bicyclic) bond motifs is 1. The minimum Gasteiger partial charge on any atom is -0.352 e. The van der Waals surface area contributed by atoms with Gasteiger partial charge in [0.2, 0.25) is 11.8 Å². The molecule has 0 spiro atoms. The number of carbonyl (C=O) groups excluding carboxylic acids is 2. The zero-order valence-corrected chi connectivity index (χ0v) is 19.7. The molecule has 2 amide bonds. The highest BCUT2D eigenvalue weighted by molar-refractivity contribution is 5.84. The Bertz CT molecular complexity index is 1310. The lowest BCUT2D eigenvalue weighted by Crippen LogP contribution is -2.50. The van der Waals surface area contributed by atoms with Crippen LogP contribution in [0.4, 0.5) is 0 Å². The fourth-order valence-corrected chi connectivity index (χ4v) is 4.66. The maximum absolute atomic E-state index is 13.1. The molecular formula is C24H30N6O4. The number of aryl methyl sites for hydroxylation is 2. The number of amides is 2. The molecule has 1 aliphatic heterocycles. The molecule has 10 nitrogen and oxygen atoms in total. The van der Waals surface area contributed by atoms with Crippen molar-refractivity contribution in [3.05, 3.63) is 63.1 Å². The number of imidazole rings is 1. The number of benzene rings is 1. The van der Waals surface area contributed by atoms with Gasteiger partial charge < -0.3 is 14.8 Å². The number of hydrogen-bond acceptors (Lipinski definition) is 5. The second kappa shape index (κ2) is 9.66. The largest absolute Gasteiger partial charge is 0.352 e. The molecule has 1 saturated heterocycles. The summed E-state index contributed by atoms with van der Waals surface area (Å²) < 4.78 is 3.74. The fourth-order valence-electron chi connectivity index (χ4n) is 4.66. The van der Waals surface area contributed by atoms with Gasteiger partial charge in [-0.25, -0.2) is 14.3 Å². The molecule has 1 unspecified atom stereocenters. The van der Waals surface area contributed by atoms with Crippen molar-refractivity contribution in [1.29, 1.82) is 0 Å². The first kappa shape index (κ1) is 23.5. The predicted molar refractivity (Wildman–Crippen MR) is 127 cm³/mol. The first-order valence-corrected chi connectivity index (χ1v) is 11.6. The average molecular weight is 467 g/mol. The van der Waals surface area contributed by atoms with Gasteiger partial charge >= 0.3 is 5.69 Å². The topological polar surface area (TPSA) is 111 Å². The van der Waals surface area contributed by atoms with Crippen LogP contribution in [0.5, 0.6) is 0 Å². The molecule has 0 radical (unpaired) electrons. The monoisotopic (exact) mass is 466 g/mol. The maximum atomic E-state index is 13.1. The number of likely N-dealkylation sites (tertiary alicyclic amines) is 1. The third kappa shape index (κ3) is 4.40. The molecule has 4 rings (SSSR count). The van der Waals surface area contributed by atoms with Gasteiger partial charge in [0.1, 0.15) is 6.54 Å². The van der Waals surface area contributed by atoms with Crippen LogP contribution in [0.15, 0.2) is 46.2 Å². The lowest BCUT2D eigenvalue weighted by Gasteiger charge is -2.34. The molecule has 1 fully saturated rings. The van der Waals surface area contributed by atoms with Crippen molar-refractivity contribution in [3.8, 4) is 0 Å². The van der Waals surface area contributed by atoms with Crippen molar-refractivity contribution in [2.45, 2.75) is 44.7 Å². The second-order valence-corrected chi connectivity index (χ2v) is 8.80. The number of aromatic nitrogens is 4. The van der Waals surface area contributed by atoms with Crippen LogP contribution in [-0.2, 0) is 30.2 Å². The predicted octanol–water partition coefficient (Wildman–Crippen LogP) is 0.735. The Morgan fingerprint density at radius 3 is 2.44 bits per heavy atom. The number of nitrogens with one attached hydrogen (secondary N) is 1. The van der Waals surface area contributed by atoms with E-state index in [2.05, 4.69) is 10.3 Å². The summed E-state index contributed by atoms with van der Waals surface area (Å²) in [6, 6.07) is 9.67. The van der Waals surface area contributed by atoms with E-state index < -0.39 is 17.2 Å². The minimum absolute atomic E-state index is 0.109. The summed E-state index contributed by atoms with van der Waals surface area (Å²) in [4.78, 5) is 57.1. The molecule has 180 valence electrons. The lowest BCUT2D eigenvalue weighted by atomic mass is 9.93. The van der Waals surface area contributed by atoms with E-state index in [1.807, 2.05) is 42.2 Å². The number of piperidine rings is 1. The Labute approximate surface area is 196 Å². The van der Waals surface area contributed by atoms with Gasteiger partial charge in [-0.3, -0.25) is 19.0 Å². The van der Waals surface area contributed by atoms with Crippen LogP contribution >= 0.6 is 0 Å². The van der Waals surface area contributed by atoms with Crippen molar-refractivity contribution >= 4 is 23.0 Å². The molecule has 0 aliphatic carbocycles. The van der Waals surface area contributed by atoms with Gasteiger partial charge in [0.25, 0.3) is 5.56 Å². The number of nitrogens with zero attached hydrogens (tertiary/aromatic N) is 5. The van der Waals surface area contributed by atoms with E-state index >= 15 is 0 Å². The molecule has 2 aromatic heterocycles. The van der Waals surface area contributed by atoms with Crippen LogP contribution < -0.4 is 16.6 Å². The van der Waals surface area contributed by atoms with Gasteiger partial charge in [0.05, 0.1) is 12.2 Å². The smallest absolute Gasteiger partial charge is 0.332 e. The van der Waals surface area contributed by atoms with Crippen LogP contribution in [0.3, 0.4) is 0 Å². The molecular weight excluding hydrogens is 436 g/mol. The third-order valence-corrected chi connectivity index (χ3v) is 6.58. The number of rotatable bonds is 6. The first-order chi connectivity index (χ1) is 16.3. The van der Waals surface area contributed by atoms with Gasteiger partial charge in [0.15, 0.2) is 11.2 Å². The summed E-state index contributed by atoms with van der Waals surface area (Å²) in [6.45, 7) is 2.75. The van der Waals surface area contributed by atoms with Crippen molar-refractivity contribution < 1.29 is 9.59 Å². The molecule has 1 N–H and O–H groups in total. The quantitative estimate of drug-likeness (QED) is 0.576. The summed E-state index contributed by atoms with van der Waals surface area (Å²) in [6.07, 6.45) is 3.43. The van der Waals surface area contributed by atoms with Crippen LogP contribution in [0.25, 0.3) is 11.2 Å². The van der Waals surface area contributed by atoms with Crippen molar-refractivity contribution in [1.82, 2.24) is 28.9 Å². The van der Waals surface area contributed by atoms with Crippen molar-refractivity contribution in [2.75, 3.05) is 13.1 Å².